The first-order valence-electron chi connectivity index (χ1n) is 9.71. The second kappa shape index (κ2) is 8.68. The molecule has 3 atom stereocenters. The molecule has 25 heavy (non-hydrogen) atoms. The van der Waals surface area contributed by atoms with E-state index in [9.17, 15) is 0 Å². The average molecular weight is 458 g/mol. The molecule has 2 N–H and O–H groups in total. The summed E-state index contributed by atoms with van der Waals surface area (Å²) in [4.78, 5) is 4.42. The fourth-order valence-corrected chi connectivity index (χ4v) is 4.90. The number of rotatable bonds is 3. The molecule has 2 heterocycles. The fourth-order valence-electron chi connectivity index (χ4n) is 4.90. The summed E-state index contributed by atoms with van der Waals surface area (Å²) in [6, 6.07) is 0.569. The van der Waals surface area contributed by atoms with Crippen molar-refractivity contribution in [3.63, 3.8) is 0 Å². The molecule has 3 unspecified atom stereocenters. The standard InChI is InChI=1S/C18H30N6.HI/c1-19-18(20-12-17-23-22-16-7-4-10-24(16)17)21-15-9-8-13-5-2-3-6-14(13)11-15;/h13-15H,2-12H2,1H3,(H2,19,20,21);1H. The maximum absolute atomic E-state index is 4.42. The zero-order chi connectivity index (χ0) is 16.4. The smallest absolute Gasteiger partial charge is 0.191 e. The monoisotopic (exact) mass is 458 g/mol. The minimum Gasteiger partial charge on any atom is -0.354 e. The van der Waals surface area contributed by atoms with Crippen molar-refractivity contribution < 1.29 is 0 Å². The number of fused-ring (bicyclic) bond motifs is 2. The van der Waals surface area contributed by atoms with Gasteiger partial charge in [0.2, 0.25) is 0 Å². The van der Waals surface area contributed by atoms with Gasteiger partial charge in [-0.25, -0.2) is 0 Å². The largest absolute Gasteiger partial charge is 0.354 e. The zero-order valence-corrected chi connectivity index (χ0v) is 17.5. The highest BCUT2D eigenvalue weighted by atomic mass is 127. The molecular weight excluding hydrogens is 427 g/mol. The summed E-state index contributed by atoms with van der Waals surface area (Å²) in [5.41, 5.74) is 0. The molecule has 6 nitrogen and oxygen atoms in total. The molecule has 140 valence electrons. The van der Waals surface area contributed by atoms with Gasteiger partial charge in [0.25, 0.3) is 0 Å². The van der Waals surface area contributed by atoms with Gasteiger partial charge in [0, 0.05) is 26.1 Å². The van der Waals surface area contributed by atoms with Crippen molar-refractivity contribution in [2.45, 2.75) is 76.9 Å². The molecule has 0 amide bonds. The van der Waals surface area contributed by atoms with Crippen LogP contribution in [0.5, 0.6) is 0 Å². The van der Waals surface area contributed by atoms with Crippen LogP contribution in [0.2, 0.25) is 0 Å². The van der Waals surface area contributed by atoms with Gasteiger partial charge in [-0.1, -0.05) is 25.7 Å². The molecule has 2 fully saturated rings. The van der Waals surface area contributed by atoms with Crippen LogP contribution in [0, 0.1) is 11.8 Å². The van der Waals surface area contributed by atoms with Crippen LogP contribution in [-0.4, -0.2) is 33.8 Å². The number of halogens is 1. The number of nitrogens with zero attached hydrogens (tertiary/aromatic N) is 4. The number of hydrogen-bond acceptors (Lipinski definition) is 3. The molecule has 0 aromatic carbocycles. The quantitative estimate of drug-likeness (QED) is 0.416. The topological polar surface area (TPSA) is 67.1 Å². The van der Waals surface area contributed by atoms with Crippen LogP contribution >= 0.6 is 24.0 Å². The van der Waals surface area contributed by atoms with E-state index >= 15 is 0 Å². The molecule has 0 saturated heterocycles. The predicted molar refractivity (Wildman–Crippen MR) is 110 cm³/mol. The Morgan fingerprint density at radius 1 is 1.12 bits per heavy atom. The molecule has 3 aliphatic rings. The lowest BCUT2D eigenvalue weighted by molar-refractivity contribution is 0.150. The van der Waals surface area contributed by atoms with Crippen molar-refractivity contribution in [3.8, 4) is 0 Å². The molecule has 0 bridgehead atoms. The normalized spacial score (nSPS) is 28.7. The summed E-state index contributed by atoms with van der Waals surface area (Å²) < 4.78 is 2.24. The van der Waals surface area contributed by atoms with E-state index in [1.165, 1.54) is 51.4 Å². The highest BCUT2D eigenvalue weighted by Gasteiger charge is 2.32. The predicted octanol–water partition coefficient (Wildman–Crippen LogP) is 2.87. The molecule has 1 aliphatic heterocycles. The van der Waals surface area contributed by atoms with E-state index in [1.807, 2.05) is 7.05 Å². The fraction of sp³-hybridized carbons (Fsp3) is 0.833. The number of nitrogens with one attached hydrogen (secondary N) is 2. The maximum Gasteiger partial charge on any atom is 0.191 e. The molecule has 4 rings (SSSR count). The van der Waals surface area contributed by atoms with Crippen molar-refractivity contribution >= 4 is 29.9 Å². The SMILES string of the molecule is CN=C(NCc1nnc2n1CCC2)NC1CCC2CCCCC2C1.I. The lowest BCUT2D eigenvalue weighted by Crippen LogP contribution is -2.46. The first-order valence-corrected chi connectivity index (χ1v) is 9.71. The van der Waals surface area contributed by atoms with Crippen LogP contribution in [0.4, 0.5) is 0 Å². The first kappa shape index (κ1) is 18.9. The number of aliphatic imine (C=N–C) groups is 1. The van der Waals surface area contributed by atoms with Gasteiger partial charge < -0.3 is 15.2 Å². The summed E-state index contributed by atoms with van der Waals surface area (Å²) in [5, 5.41) is 15.7. The van der Waals surface area contributed by atoms with Crippen molar-refractivity contribution in [2.24, 2.45) is 16.8 Å². The number of guanidine groups is 1. The number of aryl methyl sites for hydroxylation is 1. The van der Waals surface area contributed by atoms with Crippen LogP contribution in [0.3, 0.4) is 0 Å². The second-order valence-corrected chi connectivity index (χ2v) is 7.67. The van der Waals surface area contributed by atoms with Crippen molar-refractivity contribution in [1.29, 1.82) is 0 Å². The van der Waals surface area contributed by atoms with E-state index < -0.39 is 0 Å². The summed E-state index contributed by atoms with van der Waals surface area (Å²) in [6.45, 7) is 1.75. The van der Waals surface area contributed by atoms with Crippen LogP contribution in [-0.2, 0) is 19.5 Å². The summed E-state index contributed by atoms with van der Waals surface area (Å²) in [6.07, 6.45) is 12.0. The molecule has 0 radical (unpaired) electrons. The van der Waals surface area contributed by atoms with Crippen LogP contribution in [0.1, 0.15) is 63.0 Å². The molecule has 2 saturated carbocycles. The Bertz CT molecular complexity index is 598. The molecule has 0 spiro atoms. The lowest BCUT2D eigenvalue weighted by Gasteiger charge is -2.39. The van der Waals surface area contributed by atoms with E-state index in [2.05, 4.69) is 30.4 Å². The molecule has 2 aliphatic carbocycles. The average Bonchev–Trinajstić information content (AvgIpc) is 3.22. The van der Waals surface area contributed by atoms with Gasteiger partial charge in [-0.15, -0.1) is 34.2 Å². The Kier molecular flexibility index (Phi) is 6.57. The Balaban J connectivity index is 0.00000182. The summed E-state index contributed by atoms with van der Waals surface area (Å²) in [5.74, 6) is 4.99. The number of hydrogen-bond donors (Lipinski definition) is 2. The number of aromatic nitrogens is 3. The van der Waals surface area contributed by atoms with Crippen molar-refractivity contribution in [1.82, 2.24) is 25.4 Å². The molecule has 7 heteroatoms. The third-order valence-electron chi connectivity index (χ3n) is 6.20. The minimum atomic E-state index is 0. The Morgan fingerprint density at radius 2 is 1.96 bits per heavy atom. The molecular formula is C18H31IN6. The van der Waals surface area contributed by atoms with E-state index in [-0.39, 0.29) is 24.0 Å². The Labute approximate surface area is 167 Å². The van der Waals surface area contributed by atoms with Gasteiger partial charge in [0.1, 0.15) is 5.82 Å². The third kappa shape index (κ3) is 4.28. The van der Waals surface area contributed by atoms with Crippen LogP contribution in [0.15, 0.2) is 4.99 Å². The Hall–Kier alpha value is -0.860. The van der Waals surface area contributed by atoms with Crippen molar-refractivity contribution in [3.05, 3.63) is 11.6 Å². The van der Waals surface area contributed by atoms with E-state index in [4.69, 9.17) is 0 Å². The zero-order valence-electron chi connectivity index (χ0n) is 15.2. The van der Waals surface area contributed by atoms with Gasteiger partial charge in [-0.2, -0.15) is 0 Å². The van der Waals surface area contributed by atoms with Gasteiger partial charge in [-0.05, 0) is 37.5 Å². The van der Waals surface area contributed by atoms with E-state index in [1.54, 1.807) is 0 Å². The van der Waals surface area contributed by atoms with Gasteiger partial charge in [-0.3, -0.25) is 4.99 Å². The summed E-state index contributed by atoms with van der Waals surface area (Å²) in [7, 11) is 1.86. The second-order valence-electron chi connectivity index (χ2n) is 7.67. The first-order chi connectivity index (χ1) is 11.8. The molecule has 1 aromatic heterocycles. The van der Waals surface area contributed by atoms with Crippen molar-refractivity contribution in [2.75, 3.05) is 7.05 Å². The van der Waals surface area contributed by atoms with Gasteiger partial charge in [0.15, 0.2) is 11.8 Å². The van der Waals surface area contributed by atoms with Gasteiger partial charge >= 0.3 is 0 Å². The molecule has 1 aromatic rings. The van der Waals surface area contributed by atoms with Crippen LogP contribution in [0.25, 0.3) is 0 Å². The Morgan fingerprint density at radius 3 is 2.80 bits per heavy atom. The minimum absolute atomic E-state index is 0. The lowest BCUT2D eigenvalue weighted by atomic mass is 9.69. The van der Waals surface area contributed by atoms with E-state index in [0.717, 1.165) is 42.4 Å². The highest BCUT2D eigenvalue weighted by Crippen LogP contribution is 2.40. The highest BCUT2D eigenvalue weighted by molar-refractivity contribution is 14.0. The van der Waals surface area contributed by atoms with Crippen LogP contribution < -0.4 is 10.6 Å². The third-order valence-corrected chi connectivity index (χ3v) is 6.20. The van der Waals surface area contributed by atoms with Gasteiger partial charge in [0.05, 0.1) is 6.54 Å². The van der Waals surface area contributed by atoms with E-state index in [0.29, 0.717) is 12.6 Å². The maximum atomic E-state index is 4.42. The summed E-state index contributed by atoms with van der Waals surface area (Å²) >= 11 is 0.